The van der Waals surface area contributed by atoms with Gasteiger partial charge in [-0.25, -0.2) is 0 Å². The third kappa shape index (κ3) is 2.76. The number of carbonyl (C=O) groups excluding carboxylic acids is 1. The van der Waals surface area contributed by atoms with E-state index in [4.69, 9.17) is 10.5 Å². The van der Waals surface area contributed by atoms with Crippen LogP contribution in [0.3, 0.4) is 0 Å². The molecule has 0 aliphatic rings. The van der Waals surface area contributed by atoms with Crippen molar-refractivity contribution >= 4 is 23.0 Å². The molecule has 0 unspecified atom stereocenters. The number of fused-ring (bicyclic) bond motifs is 1. The number of hydrogen-bond acceptors (Lipinski definition) is 2. The third-order valence-corrected chi connectivity index (χ3v) is 2.29. The van der Waals surface area contributed by atoms with E-state index in [1.54, 1.807) is 7.05 Å². The number of aromatic amines is 1. The maximum absolute atomic E-state index is 9.06. The molecule has 0 saturated heterocycles. The summed E-state index contributed by atoms with van der Waals surface area (Å²) in [6.07, 6.45) is 3.73. The molecule has 0 saturated carbocycles. The van der Waals surface area contributed by atoms with E-state index in [9.17, 15) is 0 Å². The minimum atomic E-state index is 0.625. The van der Waals surface area contributed by atoms with Gasteiger partial charge >= 0.3 is 0 Å². The molecule has 16 heavy (non-hydrogen) atoms. The number of amides is 1. The van der Waals surface area contributed by atoms with Crippen LogP contribution in [-0.2, 0) is 11.2 Å². The fourth-order valence-corrected chi connectivity index (χ4v) is 1.50. The van der Waals surface area contributed by atoms with Crippen LogP contribution < -0.4 is 11.1 Å². The minimum absolute atomic E-state index is 0.625. The molecule has 4 nitrogen and oxygen atoms in total. The summed E-state index contributed by atoms with van der Waals surface area (Å²) in [4.78, 5) is 12.3. The Balaban J connectivity index is 0.000000280. The zero-order valence-electron chi connectivity index (χ0n) is 9.58. The molecule has 1 aromatic carbocycles. The monoisotopic (exact) mass is 219 g/mol. The van der Waals surface area contributed by atoms with Crippen LogP contribution in [0.5, 0.6) is 0 Å². The lowest BCUT2D eigenvalue weighted by molar-refractivity contribution is -0.109. The number of H-pyrrole nitrogens is 1. The zero-order valence-corrected chi connectivity index (χ0v) is 9.58. The highest BCUT2D eigenvalue weighted by Crippen LogP contribution is 2.20. The van der Waals surface area contributed by atoms with E-state index in [2.05, 4.69) is 23.3 Å². The molecule has 0 bridgehead atoms. The van der Waals surface area contributed by atoms with Crippen molar-refractivity contribution in [2.75, 3.05) is 12.8 Å². The fraction of sp³-hybridized carbons (Fsp3) is 0.250. The number of anilines is 1. The van der Waals surface area contributed by atoms with Gasteiger partial charge in [-0.1, -0.05) is 13.0 Å². The molecule has 0 atom stereocenters. The molecular formula is C12H17N3O. The average molecular weight is 219 g/mol. The Morgan fingerprint density at radius 1 is 1.50 bits per heavy atom. The first-order chi connectivity index (χ1) is 7.72. The molecule has 0 radical (unpaired) electrons. The second-order valence-electron chi connectivity index (χ2n) is 3.38. The quantitative estimate of drug-likeness (QED) is 0.531. The van der Waals surface area contributed by atoms with Gasteiger partial charge in [-0.05, 0) is 24.1 Å². The van der Waals surface area contributed by atoms with Crippen LogP contribution in [-0.4, -0.2) is 18.4 Å². The van der Waals surface area contributed by atoms with Gasteiger partial charge < -0.3 is 16.0 Å². The second kappa shape index (κ2) is 5.80. The van der Waals surface area contributed by atoms with Crippen LogP contribution in [0, 0.1) is 0 Å². The normalized spacial score (nSPS) is 9.38. The largest absolute Gasteiger partial charge is 0.399 e. The van der Waals surface area contributed by atoms with Crippen molar-refractivity contribution < 1.29 is 4.79 Å². The number of rotatable bonds is 2. The van der Waals surface area contributed by atoms with Crippen molar-refractivity contribution in [3.8, 4) is 0 Å². The molecule has 4 heteroatoms. The van der Waals surface area contributed by atoms with Crippen molar-refractivity contribution in [2.45, 2.75) is 13.3 Å². The summed E-state index contributed by atoms with van der Waals surface area (Å²) in [6, 6.07) is 5.98. The van der Waals surface area contributed by atoms with E-state index in [0.717, 1.165) is 17.6 Å². The van der Waals surface area contributed by atoms with Gasteiger partial charge in [-0.15, -0.1) is 0 Å². The van der Waals surface area contributed by atoms with Gasteiger partial charge in [-0.3, -0.25) is 4.79 Å². The van der Waals surface area contributed by atoms with Crippen LogP contribution in [0.1, 0.15) is 12.5 Å². The molecule has 86 valence electrons. The first-order valence-corrected chi connectivity index (χ1v) is 5.19. The van der Waals surface area contributed by atoms with Gasteiger partial charge in [0.25, 0.3) is 0 Å². The molecule has 0 aliphatic carbocycles. The van der Waals surface area contributed by atoms with Crippen molar-refractivity contribution in [3.05, 3.63) is 30.0 Å². The fourth-order valence-electron chi connectivity index (χ4n) is 1.50. The summed E-state index contributed by atoms with van der Waals surface area (Å²) >= 11 is 0. The predicted molar refractivity (Wildman–Crippen MR) is 67.2 cm³/mol. The number of hydrogen-bond donors (Lipinski definition) is 3. The summed E-state index contributed by atoms with van der Waals surface area (Å²) in [5.41, 5.74) is 8.95. The van der Waals surface area contributed by atoms with Gasteiger partial charge in [0.2, 0.25) is 6.41 Å². The molecule has 2 rings (SSSR count). The lowest BCUT2D eigenvalue weighted by atomic mass is 10.1. The van der Waals surface area contributed by atoms with Crippen molar-refractivity contribution in [3.63, 3.8) is 0 Å². The number of nitrogens with two attached hydrogens (primary N) is 1. The van der Waals surface area contributed by atoms with Crippen LogP contribution in [0.4, 0.5) is 5.69 Å². The number of aryl methyl sites for hydroxylation is 1. The number of carbonyl (C=O) groups is 1. The van der Waals surface area contributed by atoms with Crippen LogP contribution in [0.25, 0.3) is 10.9 Å². The zero-order chi connectivity index (χ0) is 12.0. The molecule has 0 spiro atoms. The summed E-state index contributed by atoms with van der Waals surface area (Å²) < 4.78 is 0. The Labute approximate surface area is 94.8 Å². The van der Waals surface area contributed by atoms with Gasteiger partial charge in [-0.2, -0.15) is 0 Å². The Bertz CT molecular complexity index is 462. The minimum Gasteiger partial charge on any atom is -0.399 e. The molecule has 1 amide bonds. The summed E-state index contributed by atoms with van der Waals surface area (Å²) in [5, 5.41) is 3.53. The van der Waals surface area contributed by atoms with E-state index in [0.29, 0.717) is 6.41 Å². The van der Waals surface area contributed by atoms with Gasteiger partial charge in [0.05, 0.1) is 0 Å². The standard InChI is InChI=1S/C10H12N2.C2H5NO/c1-2-7-6-12-10-5-8(11)3-4-9(7)10;1-3-2-4/h3-6,12H,2,11H2,1H3;2H,1H3,(H,3,4). The Hall–Kier alpha value is -1.97. The highest BCUT2D eigenvalue weighted by atomic mass is 16.1. The molecular weight excluding hydrogens is 202 g/mol. The number of benzene rings is 1. The van der Waals surface area contributed by atoms with E-state index < -0.39 is 0 Å². The Morgan fingerprint density at radius 2 is 2.19 bits per heavy atom. The van der Waals surface area contributed by atoms with E-state index in [1.807, 2.05) is 18.3 Å². The lowest BCUT2D eigenvalue weighted by Crippen LogP contribution is -1.98. The molecule has 0 fully saturated rings. The van der Waals surface area contributed by atoms with Crippen molar-refractivity contribution in [1.82, 2.24) is 10.3 Å². The Morgan fingerprint density at radius 3 is 2.75 bits per heavy atom. The van der Waals surface area contributed by atoms with Gasteiger partial charge in [0.1, 0.15) is 0 Å². The number of nitrogens with one attached hydrogen (secondary N) is 2. The van der Waals surface area contributed by atoms with Crippen LogP contribution in [0.15, 0.2) is 24.4 Å². The van der Waals surface area contributed by atoms with Crippen molar-refractivity contribution in [1.29, 1.82) is 0 Å². The second-order valence-corrected chi connectivity index (χ2v) is 3.38. The average Bonchev–Trinajstić information content (AvgIpc) is 2.71. The van der Waals surface area contributed by atoms with Gasteiger partial charge in [0, 0.05) is 29.8 Å². The van der Waals surface area contributed by atoms with Gasteiger partial charge in [0.15, 0.2) is 0 Å². The lowest BCUT2D eigenvalue weighted by Gasteiger charge is -1.94. The SMILES string of the molecule is CCc1c[nH]c2cc(N)ccc12.CNC=O. The summed E-state index contributed by atoms with van der Waals surface area (Å²) in [5.74, 6) is 0. The third-order valence-electron chi connectivity index (χ3n) is 2.29. The first kappa shape index (κ1) is 12.1. The number of nitrogen functional groups attached to an aromatic ring is 1. The summed E-state index contributed by atoms with van der Waals surface area (Å²) in [6.45, 7) is 2.15. The Kier molecular flexibility index (Phi) is 4.39. The molecule has 0 aliphatic heterocycles. The topological polar surface area (TPSA) is 70.9 Å². The molecule has 2 aromatic rings. The first-order valence-electron chi connectivity index (χ1n) is 5.19. The molecule has 1 aromatic heterocycles. The summed E-state index contributed by atoms with van der Waals surface area (Å²) in [7, 11) is 1.56. The molecule has 4 N–H and O–H groups in total. The number of aromatic nitrogens is 1. The van der Waals surface area contributed by atoms with Crippen LogP contribution in [0.2, 0.25) is 0 Å². The highest BCUT2D eigenvalue weighted by Gasteiger charge is 2.00. The van der Waals surface area contributed by atoms with E-state index >= 15 is 0 Å². The smallest absolute Gasteiger partial charge is 0.206 e. The maximum Gasteiger partial charge on any atom is 0.206 e. The van der Waals surface area contributed by atoms with Crippen molar-refractivity contribution in [2.24, 2.45) is 0 Å². The van der Waals surface area contributed by atoms with E-state index in [-0.39, 0.29) is 0 Å². The maximum atomic E-state index is 9.06. The predicted octanol–water partition coefficient (Wildman–Crippen LogP) is 1.67. The van der Waals surface area contributed by atoms with Crippen LogP contribution >= 0.6 is 0 Å². The van der Waals surface area contributed by atoms with E-state index in [1.165, 1.54) is 10.9 Å². The highest BCUT2D eigenvalue weighted by molar-refractivity contribution is 5.85. The molecule has 1 heterocycles.